The van der Waals surface area contributed by atoms with E-state index in [9.17, 15) is 0 Å². The van der Waals surface area contributed by atoms with Crippen LogP contribution in [0.3, 0.4) is 0 Å². The highest BCUT2D eigenvalue weighted by Crippen LogP contribution is 2.21. The highest BCUT2D eigenvalue weighted by molar-refractivity contribution is 8.14. The summed E-state index contributed by atoms with van der Waals surface area (Å²) in [5.41, 5.74) is 1.34. The van der Waals surface area contributed by atoms with E-state index in [2.05, 4.69) is 54.5 Å². The fourth-order valence-electron chi connectivity index (χ4n) is 1.81. The number of aliphatic imine (C=N–C) groups is 1. The van der Waals surface area contributed by atoms with Crippen LogP contribution in [0.15, 0.2) is 35.3 Å². The monoisotopic (exact) mass is 234 g/mol. The lowest BCUT2D eigenvalue weighted by atomic mass is 10.1. The van der Waals surface area contributed by atoms with Crippen molar-refractivity contribution in [2.45, 2.75) is 32.4 Å². The van der Waals surface area contributed by atoms with E-state index in [0.717, 1.165) is 17.3 Å². The predicted octanol–water partition coefficient (Wildman–Crippen LogP) is 3.22. The van der Waals surface area contributed by atoms with Gasteiger partial charge in [-0.15, -0.1) is 0 Å². The third-order valence-electron chi connectivity index (χ3n) is 2.71. The van der Waals surface area contributed by atoms with Gasteiger partial charge in [0.1, 0.15) is 0 Å². The minimum atomic E-state index is 0.387. The Morgan fingerprint density at radius 2 is 2.19 bits per heavy atom. The summed E-state index contributed by atoms with van der Waals surface area (Å²) in [6.07, 6.45) is 1.08. The fraction of sp³-hybridized carbons (Fsp3) is 0.462. The molecule has 1 N–H and O–H groups in total. The van der Waals surface area contributed by atoms with Gasteiger partial charge in [0.05, 0.1) is 12.1 Å². The Morgan fingerprint density at radius 1 is 1.44 bits per heavy atom. The molecule has 3 heteroatoms. The van der Waals surface area contributed by atoms with Crippen molar-refractivity contribution in [3.05, 3.63) is 35.9 Å². The molecular weight excluding hydrogens is 216 g/mol. The standard InChI is InChI=1S/C13H18N2S/c1-3-12(11-7-5-4-6-8-11)15-13-14-10(2)9-16-13/h4-8,10,12H,3,9H2,1-2H3,(H,14,15). The summed E-state index contributed by atoms with van der Waals surface area (Å²) >= 11 is 1.83. The van der Waals surface area contributed by atoms with Gasteiger partial charge in [-0.1, -0.05) is 49.0 Å². The molecule has 0 radical (unpaired) electrons. The van der Waals surface area contributed by atoms with Gasteiger partial charge >= 0.3 is 0 Å². The SMILES string of the molecule is CCC(NC1=NC(C)CS1)c1ccccc1. The summed E-state index contributed by atoms with van der Waals surface area (Å²) in [7, 11) is 0. The predicted molar refractivity (Wildman–Crippen MR) is 72.0 cm³/mol. The number of benzene rings is 1. The van der Waals surface area contributed by atoms with Gasteiger partial charge in [-0.05, 0) is 18.9 Å². The van der Waals surface area contributed by atoms with Crippen LogP contribution >= 0.6 is 11.8 Å². The van der Waals surface area contributed by atoms with Gasteiger partial charge in [-0.25, -0.2) is 0 Å². The molecule has 0 fully saturated rings. The molecule has 2 unspecified atom stereocenters. The maximum atomic E-state index is 4.57. The van der Waals surface area contributed by atoms with Gasteiger partial charge < -0.3 is 5.32 Å². The lowest BCUT2D eigenvalue weighted by molar-refractivity contribution is 0.628. The molecule has 0 bridgehead atoms. The lowest BCUT2D eigenvalue weighted by Crippen LogP contribution is -2.24. The molecule has 1 aliphatic rings. The summed E-state index contributed by atoms with van der Waals surface area (Å²) in [4.78, 5) is 4.57. The van der Waals surface area contributed by atoms with Crippen molar-refractivity contribution in [2.24, 2.45) is 4.99 Å². The van der Waals surface area contributed by atoms with E-state index in [1.54, 1.807) is 0 Å². The van der Waals surface area contributed by atoms with Crippen molar-refractivity contribution < 1.29 is 0 Å². The van der Waals surface area contributed by atoms with Crippen molar-refractivity contribution in [1.82, 2.24) is 5.32 Å². The molecule has 86 valence electrons. The second-order valence-corrected chi connectivity index (χ2v) is 5.12. The second kappa shape index (κ2) is 5.39. The zero-order chi connectivity index (χ0) is 11.4. The largest absolute Gasteiger partial charge is 0.358 e. The third-order valence-corrected chi connectivity index (χ3v) is 3.85. The highest BCUT2D eigenvalue weighted by Gasteiger charge is 2.17. The number of thioether (sulfide) groups is 1. The molecule has 1 aromatic carbocycles. The quantitative estimate of drug-likeness (QED) is 0.868. The maximum absolute atomic E-state index is 4.57. The number of nitrogens with one attached hydrogen (secondary N) is 1. The Labute approximate surface area is 102 Å². The summed E-state index contributed by atoms with van der Waals surface area (Å²) in [5, 5.41) is 4.63. The average molecular weight is 234 g/mol. The van der Waals surface area contributed by atoms with E-state index in [1.807, 2.05) is 11.8 Å². The van der Waals surface area contributed by atoms with Crippen LogP contribution in [-0.2, 0) is 0 Å². The molecule has 0 saturated heterocycles. The molecule has 0 aromatic heterocycles. The fourth-order valence-corrected chi connectivity index (χ4v) is 2.76. The molecule has 0 aliphatic carbocycles. The average Bonchev–Trinajstić information content (AvgIpc) is 2.73. The van der Waals surface area contributed by atoms with E-state index in [1.165, 1.54) is 5.56 Å². The summed E-state index contributed by atoms with van der Waals surface area (Å²) in [6, 6.07) is 11.4. The zero-order valence-corrected chi connectivity index (χ0v) is 10.6. The molecule has 0 spiro atoms. The van der Waals surface area contributed by atoms with Crippen LogP contribution in [0.25, 0.3) is 0 Å². The van der Waals surface area contributed by atoms with Crippen molar-refractivity contribution in [2.75, 3.05) is 5.75 Å². The van der Waals surface area contributed by atoms with E-state index in [0.29, 0.717) is 12.1 Å². The first-order valence-electron chi connectivity index (χ1n) is 5.81. The molecule has 16 heavy (non-hydrogen) atoms. The Hall–Kier alpha value is -0.960. The van der Waals surface area contributed by atoms with E-state index >= 15 is 0 Å². The summed E-state index contributed by atoms with van der Waals surface area (Å²) < 4.78 is 0. The van der Waals surface area contributed by atoms with Gasteiger partial charge in [0.15, 0.2) is 5.17 Å². The van der Waals surface area contributed by atoms with Gasteiger partial charge in [0, 0.05) is 5.75 Å². The Balaban J connectivity index is 2.04. The normalized spacial score (nSPS) is 21.6. The zero-order valence-electron chi connectivity index (χ0n) is 9.81. The summed E-state index contributed by atoms with van der Waals surface area (Å²) in [5.74, 6) is 1.10. The smallest absolute Gasteiger partial charge is 0.157 e. The minimum Gasteiger partial charge on any atom is -0.358 e. The van der Waals surface area contributed by atoms with Crippen LogP contribution in [0.2, 0.25) is 0 Å². The van der Waals surface area contributed by atoms with E-state index < -0.39 is 0 Å². The molecule has 1 heterocycles. The Morgan fingerprint density at radius 3 is 2.75 bits per heavy atom. The van der Waals surface area contributed by atoms with Crippen LogP contribution in [0.5, 0.6) is 0 Å². The minimum absolute atomic E-state index is 0.387. The first-order valence-corrected chi connectivity index (χ1v) is 6.80. The number of hydrogen-bond acceptors (Lipinski definition) is 3. The van der Waals surface area contributed by atoms with Crippen LogP contribution in [0.4, 0.5) is 0 Å². The number of hydrogen-bond donors (Lipinski definition) is 1. The van der Waals surface area contributed by atoms with Crippen LogP contribution < -0.4 is 5.32 Å². The molecule has 1 aromatic rings. The van der Waals surface area contributed by atoms with Crippen LogP contribution in [0, 0.1) is 0 Å². The first-order chi connectivity index (χ1) is 7.79. The maximum Gasteiger partial charge on any atom is 0.157 e. The Bertz CT molecular complexity index is 361. The van der Waals surface area contributed by atoms with Crippen LogP contribution in [0.1, 0.15) is 31.9 Å². The van der Waals surface area contributed by atoms with E-state index in [-0.39, 0.29) is 0 Å². The number of rotatable bonds is 3. The summed E-state index contributed by atoms with van der Waals surface area (Å²) in [6.45, 7) is 4.36. The molecular formula is C13H18N2S. The molecule has 1 aliphatic heterocycles. The van der Waals surface area contributed by atoms with Crippen molar-refractivity contribution in [3.8, 4) is 0 Å². The van der Waals surface area contributed by atoms with Crippen LogP contribution in [-0.4, -0.2) is 17.0 Å². The molecule has 0 amide bonds. The van der Waals surface area contributed by atoms with Gasteiger partial charge in [-0.2, -0.15) is 0 Å². The first kappa shape index (κ1) is 11.5. The number of amidine groups is 1. The molecule has 2 rings (SSSR count). The topological polar surface area (TPSA) is 24.4 Å². The van der Waals surface area contributed by atoms with Crippen molar-refractivity contribution >= 4 is 16.9 Å². The molecule has 0 saturated carbocycles. The van der Waals surface area contributed by atoms with Gasteiger partial charge in [-0.3, -0.25) is 4.99 Å². The number of nitrogens with zero attached hydrogens (tertiary/aromatic N) is 1. The second-order valence-electron chi connectivity index (χ2n) is 4.11. The molecule has 2 nitrogen and oxygen atoms in total. The van der Waals surface area contributed by atoms with Crippen molar-refractivity contribution in [3.63, 3.8) is 0 Å². The lowest BCUT2D eigenvalue weighted by Gasteiger charge is -2.17. The third kappa shape index (κ3) is 2.79. The van der Waals surface area contributed by atoms with Gasteiger partial charge in [0.2, 0.25) is 0 Å². The Kier molecular flexibility index (Phi) is 3.88. The van der Waals surface area contributed by atoms with Gasteiger partial charge in [0.25, 0.3) is 0 Å². The van der Waals surface area contributed by atoms with Crippen molar-refractivity contribution in [1.29, 1.82) is 0 Å². The molecule has 2 atom stereocenters. The highest BCUT2D eigenvalue weighted by atomic mass is 32.2. The van der Waals surface area contributed by atoms with E-state index in [4.69, 9.17) is 0 Å².